The average molecular weight is 340 g/mol. The lowest BCUT2D eigenvalue weighted by atomic mass is 10.1. The summed E-state index contributed by atoms with van der Waals surface area (Å²) >= 11 is 13.8. The second kappa shape index (κ2) is 7.06. The van der Waals surface area contributed by atoms with E-state index in [9.17, 15) is 0 Å². The van der Waals surface area contributed by atoms with Crippen molar-refractivity contribution in [1.29, 1.82) is 0 Å². The highest BCUT2D eigenvalue weighted by molar-refractivity contribution is 7.99. The van der Waals surface area contributed by atoms with E-state index in [-0.39, 0.29) is 5.54 Å². The van der Waals surface area contributed by atoms with Gasteiger partial charge in [0.1, 0.15) is 0 Å². The quantitative estimate of drug-likeness (QED) is 0.729. The number of hydrogen-bond donors (Lipinski definition) is 1. The molecule has 0 aliphatic heterocycles. The molecule has 0 aromatic heterocycles. The minimum atomic E-state index is 0.0852. The van der Waals surface area contributed by atoms with Crippen molar-refractivity contribution in [3.63, 3.8) is 0 Å². The maximum Gasteiger partial charge on any atom is 0.0417 e. The summed E-state index contributed by atoms with van der Waals surface area (Å²) in [6.45, 7) is 7.30. The van der Waals surface area contributed by atoms with Crippen molar-refractivity contribution in [3.05, 3.63) is 58.1 Å². The normalized spacial score (nSPS) is 11.7. The molecule has 0 bridgehead atoms. The van der Waals surface area contributed by atoms with Gasteiger partial charge in [0.15, 0.2) is 0 Å². The second-order valence-electron chi connectivity index (χ2n) is 5.91. The predicted octanol–water partition coefficient (Wildman–Crippen LogP) is 6.03. The first-order chi connectivity index (χ1) is 9.83. The summed E-state index contributed by atoms with van der Waals surface area (Å²) in [6, 6.07) is 13.9. The SMILES string of the molecule is CC(C)(C)NCc1ccc(Cl)cc1Sc1ccc(Cl)cc1. The molecule has 1 N–H and O–H groups in total. The van der Waals surface area contributed by atoms with Crippen LogP contribution in [-0.2, 0) is 6.54 Å². The van der Waals surface area contributed by atoms with Crippen LogP contribution in [0, 0.1) is 0 Å². The van der Waals surface area contributed by atoms with Crippen molar-refractivity contribution in [2.24, 2.45) is 0 Å². The number of halogens is 2. The summed E-state index contributed by atoms with van der Waals surface area (Å²) in [4.78, 5) is 2.32. The molecule has 0 aliphatic rings. The zero-order valence-electron chi connectivity index (χ0n) is 12.4. The molecule has 0 spiro atoms. The van der Waals surface area contributed by atoms with Gasteiger partial charge in [0.05, 0.1) is 0 Å². The Morgan fingerprint density at radius 1 is 0.952 bits per heavy atom. The van der Waals surface area contributed by atoms with Crippen LogP contribution < -0.4 is 5.32 Å². The zero-order chi connectivity index (χ0) is 15.5. The van der Waals surface area contributed by atoms with Gasteiger partial charge in [0, 0.05) is 31.9 Å². The fraction of sp³-hybridized carbons (Fsp3) is 0.294. The van der Waals surface area contributed by atoms with Gasteiger partial charge >= 0.3 is 0 Å². The topological polar surface area (TPSA) is 12.0 Å². The van der Waals surface area contributed by atoms with Gasteiger partial charge in [0.25, 0.3) is 0 Å². The highest BCUT2D eigenvalue weighted by atomic mass is 35.5. The Morgan fingerprint density at radius 2 is 1.57 bits per heavy atom. The fourth-order valence-electron chi connectivity index (χ4n) is 1.76. The molecule has 2 aromatic carbocycles. The zero-order valence-corrected chi connectivity index (χ0v) is 14.7. The first-order valence-electron chi connectivity index (χ1n) is 6.80. The van der Waals surface area contributed by atoms with E-state index in [0.29, 0.717) is 0 Å². The van der Waals surface area contributed by atoms with Gasteiger partial charge in [-0.1, -0.05) is 41.0 Å². The minimum Gasteiger partial charge on any atom is -0.308 e. The maximum absolute atomic E-state index is 6.14. The summed E-state index contributed by atoms with van der Waals surface area (Å²) in [5.41, 5.74) is 1.33. The lowest BCUT2D eigenvalue weighted by Crippen LogP contribution is -2.35. The van der Waals surface area contributed by atoms with Gasteiger partial charge in [-0.3, -0.25) is 0 Å². The van der Waals surface area contributed by atoms with E-state index in [1.165, 1.54) is 10.5 Å². The van der Waals surface area contributed by atoms with Crippen molar-refractivity contribution in [3.8, 4) is 0 Å². The molecule has 112 valence electrons. The van der Waals surface area contributed by atoms with Gasteiger partial charge in [0.2, 0.25) is 0 Å². The van der Waals surface area contributed by atoms with Crippen LogP contribution in [0.2, 0.25) is 10.0 Å². The van der Waals surface area contributed by atoms with Gasteiger partial charge in [-0.05, 0) is 62.7 Å². The molecule has 0 radical (unpaired) electrons. The maximum atomic E-state index is 6.14. The van der Waals surface area contributed by atoms with Crippen LogP contribution in [0.3, 0.4) is 0 Å². The van der Waals surface area contributed by atoms with E-state index in [0.717, 1.165) is 21.5 Å². The van der Waals surface area contributed by atoms with Crippen LogP contribution in [0.25, 0.3) is 0 Å². The molecule has 0 aliphatic carbocycles. The van der Waals surface area contributed by atoms with E-state index in [1.54, 1.807) is 11.8 Å². The summed E-state index contributed by atoms with van der Waals surface area (Å²) < 4.78 is 0. The lowest BCUT2D eigenvalue weighted by Gasteiger charge is -2.21. The molecule has 2 aromatic rings. The molecule has 21 heavy (non-hydrogen) atoms. The molecule has 0 saturated heterocycles. The monoisotopic (exact) mass is 339 g/mol. The second-order valence-corrected chi connectivity index (χ2v) is 7.90. The molecule has 0 amide bonds. The summed E-state index contributed by atoms with van der Waals surface area (Å²) in [5, 5.41) is 5.02. The Kier molecular flexibility index (Phi) is 5.61. The highest BCUT2D eigenvalue weighted by Crippen LogP contribution is 2.33. The molecular formula is C17H19Cl2NS. The van der Waals surface area contributed by atoms with Gasteiger partial charge in [-0.2, -0.15) is 0 Å². The molecule has 1 nitrogen and oxygen atoms in total. The number of hydrogen-bond acceptors (Lipinski definition) is 2. The number of nitrogens with one attached hydrogen (secondary N) is 1. The van der Waals surface area contributed by atoms with E-state index in [4.69, 9.17) is 23.2 Å². The highest BCUT2D eigenvalue weighted by Gasteiger charge is 2.11. The molecule has 2 rings (SSSR count). The van der Waals surface area contributed by atoms with Gasteiger partial charge in [-0.25, -0.2) is 0 Å². The van der Waals surface area contributed by atoms with Crippen molar-refractivity contribution >= 4 is 35.0 Å². The first-order valence-corrected chi connectivity index (χ1v) is 8.38. The smallest absolute Gasteiger partial charge is 0.0417 e. The van der Waals surface area contributed by atoms with Crippen molar-refractivity contribution in [2.45, 2.75) is 42.6 Å². The molecule has 4 heteroatoms. The van der Waals surface area contributed by atoms with E-state index in [2.05, 4.69) is 32.2 Å². The lowest BCUT2D eigenvalue weighted by molar-refractivity contribution is 0.422. The Morgan fingerprint density at radius 3 is 2.19 bits per heavy atom. The molecule has 0 atom stereocenters. The van der Waals surface area contributed by atoms with Crippen LogP contribution in [0.4, 0.5) is 0 Å². The summed E-state index contributed by atoms with van der Waals surface area (Å²) in [5.74, 6) is 0. The largest absolute Gasteiger partial charge is 0.308 e. The fourth-order valence-corrected chi connectivity index (χ4v) is 3.11. The Balaban J connectivity index is 2.20. The summed E-state index contributed by atoms with van der Waals surface area (Å²) in [6.07, 6.45) is 0. The Bertz CT molecular complexity index is 603. The third-order valence-corrected chi connectivity index (χ3v) is 4.47. The number of benzene rings is 2. The Hall–Kier alpha value is -0.670. The van der Waals surface area contributed by atoms with Crippen LogP contribution in [-0.4, -0.2) is 5.54 Å². The van der Waals surface area contributed by atoms with E-state index < -0.39 is 0 Å². The molecule has 0 unspecified atom stereocenters. The van der Waals surface area contributed by atoms with Crippen LogP contribution in [0.5, 0.6) is 0 Å². The minimum absolute atomic E-state index is 0.0852. The van der Waals surface area contributed by atoms with Crippen LogP contribution >= 0.6 is 35.0 Å². The van der Waals surface area contributed by atoms with Gasteiger partial charge < -0.3 is 5.32 Å². The molecular weight excluding hydrogens is 321 g/mol. The van der Waals surface area contributed by atoms with Crippen molar-refractivity contribution in [1.82, 2.24) is 5.32 Å². The van der Waals surface area contributed by atoms with Crippen LogP contribution in [0.15, 0.2) is 52.3 Å². The van der Waals surface area contributed by atoms with E-state index in [1.807, 2.05) is 36.4 Å². The molecule has 0 heterocycles. The standard InChI is InChI=1S/C17H19Cl2NS/c1-17(2,3)20-11-12-4-5-14(19)10-16(12)21-15-8-6-13(18)7-9-15/h4-10,20H,11H2,1-3H3. The average Bonchev–Trinajstić information content (AvgIpc) is 2.39. The van der Waals surface area contributed by atoms with Gasteiger partial charge in [-0.15, -0.1) is 0 Å². The molecule has 0 saturated carbocycles. The first kappa shape index (κ1) is 16.7. The number of rotatable bonds is 4. The van der Waals surface area contributed by atoms with E-state index >= 15 is 0 Å². The Labute approximate surface area is 141 Å². The predicted molar refractivity (Wildman–Crippen MR) is 93.6 cm³/mol. The van der Waals surface area contributed by atoms with Crippen molar-refractivity contribution in [2.75, 3.05) is 0 Å². The summed E-state index contributed by atoms with van der Waals surface area (Å²) in [7, 11) is 0. The molecule has 0 fully saturated rings. The van der Waals surface area contributed by atoms with Crippen LogP contribution in [0.1, 0.15) is 26.3 Å². The van der Waals surface area contributed by atoms with Crippen molar-refractivity contribution < 1.29 is 0 Å². The third-order valence-electron chi connectivity index (χ3n) is 2.88. The third kappa shape index (κ3) is 5.55.